The van der Waals surface area contributed by atoms with Crippen molar-refractivity contribution in [3.8, 4) is 0 Å². The third kappa shape index (κ3) is 3.21. The maximum atomic E-state index is 11.9. The number of hydrogen-bond donors (Lipinski definition) is 0. The second kappa shape index (κ2) is 6.20. The van der Waals surface area contributed by atoms with E-state index in [9.17, 15) is 4.79 Å². The zero-order valence-corrected chi connectivity index (χ0v) is 14.0. The van der Waals surface area contributed by atoms with E-state index in [1.165, 1.54) is 0 Å². The van der Waals surface area contributed by atoms with E-state index >= 15 is 0 Å². The van der Waals surface area contributed by atoms with Crippen LogP contribution in [0.25, 0.3) is 6.08 Å². The van der Waals surface area contributed by atoms with Gasteiger partial charge in [0.1, 0.15) is 0 Å². The Kier molecular flexibility index (Phi) is 4.29. The molecule has 0 aliphatic carbocycles. The van der Waals surface area contributed by atoms with Crippen LogP contribution in [0.5, 0.6) is 0 Å². The molecule has 0 spiro atoms. The zero-order chi connectivity index (χ0) is 15.7. The van der Waals surface area contributed by atoms with Gasteiger partial charge in [-0.05, 0) is 45.8 Å². The molecule has 7 heteroatoms. The van der Waals surface area contributed by atoms with Gasteiger partial charge in [-0.1, -0.05) is 29.3 Å². The topological polar surface area (TPSA) is 51.5 Å². The van der Waals surface area contributed by atoms with Crippen molar-refractivity contribution >= 4 is 57.1 Å². The summed E-state index contributed by atoms with van der Waals surface area (Å²) in [4.78, 5) is 20.1. The molecular weight excluding hydrogens is 391 g/mol. The number of hydrogen-bond acceptors (Lipinski definition) is 4. The summed E-state index contributed by atoms with van der Waals surface area (Å²) in [7, 11) is 0. The summed E-state index contributed by atoms with van der Waals surface area (Å²) in [5, 5.41) is 0.852. The van der Waals surface area contributed by atoms with Crippen molar-refractivity contribution < 1.29 is 9.53 Å². The largest absolute Gasteiger partial charge is 0.402 e. The van der Waals surface area contributed by atoms with Gasteiger partial charge in [0.15, 0.2) is 5.70 Å². The van der Waals surface area contributed by atoms with Crippen molar-refractivity contribution in [1.82, 2.24) is 4.98 Å². The van der Waals surface area contributed by atoms with Crippen LogP contribution in [-0.4, -0.2) is 16.9 Å². The van der Waals surface area contributed by atoms with Gasteiger partial charge >= 0.3 is 5.97 Å². The van der Waals surface area contributed by atoms with Gasteiger partial charge in [-0.2, -0.15) is 0 Å². The molecule has 22 heavy (non-hydrogen) atoms. The highest BCUT2D eigenvalue weighted by Gasteiger charge is 2.24. The Morgan fingerprint density at radius 3 is 2.68 bits per heavy atom. The van der Waals surface area contributed by atoms with Gasteiger partial charge in [0.2, 0.25) is 5.90 Å². The molecule has 1 aliphatic rings. The molecule has 0 fully saturated rings. The number of esters is 1. The standard InChI is InChI=1S/C15H7BrCl2N2O2/c16-10-5-9(6-19-7-10)14-20-13(15(21)22-14)4-8-1-2-11(17)12(18)3-8/h1-7H. The average molecular weight is 398 g/mol. The van der Waals surface area contributed by atoms with Crippen molar-refractivity contribution in [2.75, 3.05) is 0 Å². The number of cyclic esters (lactones) is 1. The van der Waals surface area contributed by atoms with Gasteiger partial charge in [-0.3, -0.25) is 4.98 Å². The third-order valence-corrected chi connectivity index (χ3v) is 3.99. The van der Waals surface area contributed by atoms with Gasteiger partial charge < -0.3 is 4.74 Å². The number of ether oxygens (including phenoxy) is 1. The van der Waals surface area contributed by atoms with E-state index in [1.807, 2.05) is 0 Å². The molecule has 1 aliphatic heterocycles. The quantitative estimate of drug-likeness (QED) is 0.553. The number of halogens is 3. The van der Waals surface area contributed by atoms with Crippen molar-refractivity contribution in [2.45, 2.75) is 0 Å². The van der Waals surface area contributed by atoms with Crippen molar-refractivity contribution in [3.63, 3.8) is 0 Å². The maximum Gasteiger partial charge on any atom is 0.363 e. The summed E-state index contributed by atoms with van der Waals surface area (Å²) in [6.07, 6.45) is 4.79. The summed E-state index contributed by atoms with van der Waals surface area (Å²) in [5.41, 5.74) is 1.51. The molecule has 3 rings (SSSR count). The lowest BCUT2D eigenvalue weighted by Crippen LogP contribution is -2.05. The SMILES string of the molecule is O=C1OC(c2cncc(Br)c2)=NC1=Cc1ccc(Cl)c(Cl)c1. The first-order chi connectivity index (χ1) is 10.5. The number of benzene rings is 1. The molecule has 110 valence electrons. The minimum Gasteiger partial charge on any atom is -0.402 e. The summed E-state index contributed by atoms with van der Waals surface area (Å²) >= 11 is 15.1. The summed E-state index contributed by atoms with van der Waals surface area (Å²) < 4.78 is 5.93. The minimum absolute atomic E-state index is 0.188. The number of rotatable bonds is 2. The Morgan fingerprint density at radius 2 is 1.95 bits per heavy atom. The summed E-state index contributed by atoms with van der Waals surface area (Å²) in [5.74, 6) is -0.314. The number of carbonyl (C=O) groups excluding carboxylic acids is 1. The molecular formula is C15H7BrCl2N2O2. The molecule has 0 saturated heterocycles. The fourth-order valence-corrected chi connectivity index (χ4v) is 2.49. The van der Waals surface area contributed by atoms with Gasteiger partial charge in [0.25, 0.3) is 0 Å². The van der Waals surface area contributed by atoms with Crippen LogP contribution in [-0.2, 0) is 9.53 Å². The number of nitrogens with zero attached hydrogens (tertiary/aromatic N) is 2. The highest BCUT2D eigenvalue weighted by atomic mass is 79.9. The number of aliphatic imine (C=N–C) groups is 1. The first-order valence-corrected chi connectivity index (χ1v) is 7.66. The fourth-order valence-electron chi connectivity index (χ4n) is 1.82. The Labute approximate surface area is 144 Å². The first kappa shape index (κ1) is 15.2. The van der Waals surface area contributed by atoms with E-state index in [0.29, 0.717) is 21.2 Å². The fraction of sp³-hybridized carbons (Fsp3) is 0. The van der Waals surface area contributed by atoms with Crippen LogP contribution < -0.4 is 0 Å². The van der Waals surface area contributed by atoms with Crippen LogP contribution in [0.2, 0.25) is 10.0 Å². The molecule has 1 aromatic carbocycles. The maximum absolute atomic E-state index is 11.9. The van der Waals surface area contributed by atoms with E-state index in [-0.39, 0.29) is 11.6 Å². The Balaban J connectivity index is 1.95. The summed E-state index contributed by atoms with van der Waals surface area (Å²) in [6, 6.07) is 6.81. The molecule has 0 saturated carbocycles. The molecule has 0 bridgehead atoms. The van der Waals surface area contributed by atoms with Gasteiger partial charge in [0.05, 0.1) is 15.6 Å². The predicted octanol–water partition coefficient (Wildman–Crippen LogP) is 4.50. The molecule has 0 N–H and O–H groups in total. The lowest BCUT2D eigenvalue weighted by Gasteiger charge is -1.98. The van der Waals surface area contributed by atoms with Crippen molar-refractivity contribution in [2.24, 2.45) is 4.99 Å². The second-order valence-electron chi connectivity index (χ2n) is 4.40. The Morgan fingerprint density at radius 1 is 1.14 bits per heavy atom. The van der Waals surface area contributed by atoms with Gasteiger partial charge in [0, 0.05) is 16.9 Å². The highest BCUT2D eigenvalue weighted by molar-refractivity contribution is 9.10. The van der Waals surface area contributed by atoms with E-state index in [0.717, 1.165) is 4.47 Å². The zero-order valence-electron chi connectivity index (χ0n) is 10.9. The third-order valence-electron chi connectivity index (χ3n) is 2.82. The molecule has 0 amide bonds. The minimum atomic E-state index is -0.527. The van der Waals surface area contributed by atoms with E-state index < -0.39 is 5.97 Å². The van der Waals surface area contributed by atoms with Gasteiger partial charge in [-0.15, -0.1) is 0 Å². The van der Waals surface area contributed by atoms with Crippen molar-refractivity contribution in [3.05, 3.63) is 68.0 Å². The molecule has 1 aromatic heterocycles. The van der Waals surface area contributed by atoms with E-state index in [2.05, 4.69) is 25.9 Å². The lowest BCUT2D eigenvalue weighted by molar-refractivity contribution is -0.129. The van der Waals surface area contributed by atoms with Crippen molar-refractivity contribution in [1.29, 1.82) is 0 Å². The summed E-state index contributed by atoms with van der Waals surface area (Å²) in [6.45, 7) is 0. The van der Waals surface area contributed by atoms with Crippen LogP contribution >= 0.6 is 39.1 Å². The smallest absolute Gasteiger partial charge is 0.363 e. The predicted molar refractivity (Wildman–Crippen MR) is 89.0 cm³/mol. The van der Waals surface area contributed by atoms with Crippen LogP contribution in [0.1, 0.15) is 11.1 Å². The number of aromatic nitrogens is 1. The first-order valence-electron chi connectivity index (χ1n) is 6.11. The molecule has 0 atom stereocenters. The van der Waals surface area contributed by atoms with Crippen LogP contribution in [0.4, 0.5) is 0 Å². The highest BCUT2D eigenvalue weighted by Crippen LogP contribution is 2.25. The van der Waals surface area contributed by atoms with Crippen LogP contribution in [0.3, 0.4) is 0 Å². The normalized spacial score (nSPS) is 15.9. The van der Waals surface area contributed by atoms with Crippen LogP contribution in [0, 0.1) is 0 Å². The number of pyridine rings is 1. The second-order valence-corrected chi connectivity index (χ2v) is 6.13. The molecule has 4 nitrogen and oxygen atoms in total. The van der Waals surface area contributed by atoms with Crippen LogP contribution in [0.15, 0.2) is 51.8 Å². The molecule has 0 radical (unpaired) electrons. The lowest BCUT2D eigenvalue weighted by atomic mass is 10.2. The number of carbonyl (C=O) groups is 1. The molecule has 0 unspecified atom stereocenters. The molecule has 2 heterocycles. The monoisotopic (exact) mass is 396 g/mol. The Bertz CT molecular complexity index is 834. The van der Waals surface area contributed by atoms with Gasteiger partial charge in [-0.25, -0.2) is 9.79 Å². The van der Waals surface area contributed by atoms with E-state index in [1.54, 1.807) is 42.7 Å². The van der Waals surface area contributed by atoms with E-state index in [4.69, 9.17) is 27.9 Å². The molecule has 2 aromatic rings. The Hall–Kier alpha value is -1.69. The average Bonchev–Trinajstić information content (AvgIpc) is 2.84.